The van der Waals surface area contributed by atoms with Crippen LogP contribution in [0, 0.1) is 5.92 Å². The van der Waals surface area contributed by atoms with Crippen LogP contribution < -0.4 is 4.90 Å². The topological polar surface area (TPSA) is 59.7 Å². The van der Waals surface area contributed by atoms with E-state index in [4.69, 9.17) is 16.6 Å². The molecule has 3 fully saturated rings. The lowest BCUT2D eigenvalue weighted by Gasteiger charge is -2.31. The lowest BCUT2D eigenvalue weighted by molar-refractivity contribution is 0.429. The molecule has 0 radical (unpaired) electrons. The van der Waals surface area contributed by atoms with Crippen molar-refractivity contribution >= 4 is 29.3 Å². The van der Waals surface area contributed by atoms with Crippen molar-refractivity contribution in [2.45, 2.75) is 67.6 Å². The van der Waals surface area contributed by atoms with Gasteiger partial charge in [-0.05, 0) is 56.2 Å². The van der Waals surface area contributed by atoms with Crippen LogP contribution in [0.5, 0.6) is 0 Å². The lowest BCUT2D eigenvalue weighted by Crippen LogP contribution is -2.34. The smallest absolute Gasteiger partial charge is 0.228 e. The van der Waals surface area contributed by atoms with Gasteiger partial charge in [-0.2, -0.15) is 0 Å². The Labute approximate surface area is 162 Å². The van der Waals surface area contributed by atoms with E-state index >= 15 is 0 Å². The summed E-state index contributed by atoms with van der Waals surface area (Å²) < 4.78 is 2.33. The third-order valence-corrected chi connectivity index (χ3v) is 6.52. The minimum atomic E-state index is 0.486. The number of anilines is 1. The van der Waals surface area contributed by atoms with E-state index in [0.717, 1.165) is 41.0 Å². The highest BCUT2D eigenvalue weighted by Gasteiger charge is 2.33. The molecule has 1 aliphatic heterocycles. The quantitative estimate of drug-likeness (QED) is 0.708. The highest BCUT2D eigenvalue weighted by Crippen LogP contribution is 2.43. The van der Waals surface area contributed by atoms with E-state index in [-0.39, 0.29) is 0 Å². The summed E-state index contributed by atoms with van der Waals surface area (Å²) in [6, 6.07) is 2.37. The Morgan fingerprint density at radius 2 is 1.81 bits per heavy atom. The second-order valence-electron chi connectivity index (χ2n) is 7.82. The summed E-state index contributed by atoms with van der Waals surface area (Å²) in [4.78, 5) is 11.5. The molecule has 2 aromatic heterocycles. The molecule has 0 amide bonds. The van der Waals surface area contributed by atoms with Gasteiger partial charge in [0.1, 0.15) is 16.0 Å². The maximum Gasteiger partial charge on any atom is 0.228 e. The number of piperidine rings is 1. The molecule has 3 heterocycles. The number of hydrogen-bond donors (Lipinski definition) is 0. The SMILES string of the molecule is CC1CCN(c2nnc(Sc3cc(Cl)nc(C4CC4)n3)n2C2CC2)CC1. The first-order chi connectivity index (χ1) is 12.7. The Hall–Kier alpha value is -1.34. The number of halogens is 1. The predicted molar refractivity (Wildman–Crippen MR) is 102 cm³/mol. The Balaban J connectivity index is 1.42. The fourth-order valence-corrected chi connectivity index (χ4v) is 4.66. The number of nitrogens with zero attached hydrogens (tertiary/aromatic N) is 6. The van der Waals surface area contributed by atoms with E-state index in [1.165, 1.54) is 38.5 Å². The van der Waals surface area contributed by atoms with E-state index in [9.17, 15) is 0 Å². The fourth-order valence-electron chi connectivity index (χ4n) is 3.50. The molecule has 138 valence electrons. The molecule has 1 saturated heterocycles. The average Bonchev–Trinajstić information content (AvgIpc) is 3.53. The maximum atomic E-state index is 6.23. The van der Waals surface area contributed by atoms with Gasteiger partial charge in [-0.15, -0.1) is 10.2 Å². The second kappa shape index (κ2) is 6.68. The lowest BCUT2D eigenvalue weighted by atomic mass is 10.00. The van der Waals surface area contributed by atoms with Crippen LogP contribution in [-0.4, -0.2) is 37.8 Å². The van der Waals surface area contributed by atoms with Crippen molar-refractivity contribution in [1.29, 1.82) is 0 Å². The predicted octanol–water partition coefficient (Wildman–Crippen LogP) is 4.32. The molecule has 2 aliphatic carbocycles. The molecule has 6 nitrogen and oxygen atoms in total. The van der Waals surface area contributed by atoms with Crippen LogP contribution in [0.25, 0.3) is 0 Å². The molecule has 0 bridgehead atoms. The van der Waals surface area contributed by atoms with Gasteiger partial charge in [0.05, 0.1) is 0 Å². The Morgan fingerprint density at radius 1 is 1.04 bits per heavy atom. The number of rotatable bonds is 5. The van der Waals surface area contributed by atoms with Gasteiger partial charge in [-0.1, -0.05) is 18.5 Å². The summed E-state index contributed by atoms with van der Waals surface area (Å²) in [5, 5.41) is 11.4. The normalized spacial score (nSPS) is 21.4. The fraction of sp³-hybridized carbons (Fsp3) is 0.667. The van der Waals surface area contributed by atoms with E-state index in [1.807, 2.05) is 6.07 Å². The van der Waals surface area contributed by atoms with Gasteiger partial charge < -0.3 is 4.90 Å². The van der Waals surface area contributed by atoms with Gasteiger partial charge in [-0.25, -0.2) is 9.97 Å². The highest BCUT2D eigenvalue weighted by atomic mass is 35.5. The van der Waals surface area contributed by atoms with Crippen molar-refractivity contribution < 1.29 is 0 Å². The molecule has 8 heteroatoms. The summed E-state index contributed by atoms with van der Waals surface area (Å²) in [5.41, 5.74) is 0. The van der Waals surface area contributed by atoms with Crippen molar-refractivity contribution in [2.75, 3.05) is 18.0 Å². The Morgan fingerprint density at radius 3 is 2.50 bits per heavy atom. The summed E-state index contributed by atoms with van der Waals surface area (Å²) in [6.45, 7) is 4.48. The third-order valence-electron chi connectivity index (χ3n) is 5.45. The van der Waals surface area contributed by atoms with E-state index in [0.29, 0.717) is 17.1 Å². The van der Waals surface area contributed by atoms with E-state index in [2.05, 4.69) is 31.6 Å². The monoisotopic (exact) mass is 390 g/mol. The number of aromatic nitrogens is 5. The van der Waals surface area contributed by atoms with E-state index < -0.39 is 0 Å². The van der Waals surface area contributed by atoms with E-state index in [1.54, 1.807) is 11.8 Å². The van der Waals surface area contributed by atoms with Crippen LogP contribution in [0.4, 0.5) is 5.95 Å². The van der Waals surface area contributed by atoms with Crippen LogP contribution in [0.15, 0.2) is 16.2 Å². The van der Waals surface area contributed by atoms with Gasteiger partial charge in [0.15, 0.2) is 5.16 Å². The molecular weight excluding hydrogens is 368 g/mol. The molecule has 26 heavy (non-hydrogen) atoms. The van der Waals surface area contributed by atoms with Crippen molar-refractivity contribution in [3.8, 4) is 0 Å². The zero-order valence-corrected chi connectivity index (χ0v) is 16.5. The molecule has 0 atom stereocenters. The van der Waals surface area contributed by atoms with Crippen molar-refractivity contribution in [3.05, 3.63) is 17.0 Å². The van der Waals surface area contributed by atoms with Crippen LogP contribution in [0.2, 0.25) is 5.15 Å². The molecule has 2 saturated carbocycles. The molecule has 3 aliphatic rings. The highest BCUT2D eigenvalue weighted by molar-refractivity contribution is 7.99. The van der Waals surface area contributed by atoms with Gasteiger partial charge in [-0.3, -0.25) is 4.57 Å². The van der Waals surface area contributed by atoms with Gasteiger partial charge in [0.2, 0.25) is 5.95 Å². The summed E-state index contributed by atoms with van der Waals surface area (Å²) in [6.07, 6.45) is 7.21. The van der Waals surface area contributed by atoms with Gasteiger partial charge >= 0.3 is 0 Å². The average molecular weight is 391 g/mol. The standard InChI is InChI=1S/C18H23ClN6S/c1-11-6-8-24(9-7-11)17-22-23-18(25(17)13-4-5-13)26-15-10-14(19)20-16(21-15)12-2-3-12/h10-13H,2-9H2,1H3. The minimum Gasteiger partial charge on any atom is -0.341 e. The molecule has 0 aromatic carbocycles. The second-order valence-corrected chi connectivity index (χ2v) is 9.19. The van der Waals surface area contributed by atoms with Crippen molar-refractivity contribution in [1.82, 2.24) is 24.7 Å². The van der Waals surface area contributed by atoms with Crippen molar-refractivity contribution in [2.24, 2.45) is 5.92 Å². The van der Waals surface area contributed by atoms with Crippen LogP contribution in [0.1, 0.15) is 63.2 Å². The van der Waals surface area contributed by atoms with Crippen LogP contribution >= 0.6 is 23.4 Å². The first kappa shape index (κ1) is 16.8. The Kier molecular flexibility index (Phi) is 4.32. The molecular formula is C18H23ClN6S. The largest absolute Gasteiger partial charge is 0.341 e. The van der Waals surface area contributed by atoms with Gasteiger partial charge in [0.25, 0.3) is 0 Å². The summed E-state index contributed by atoms with van der Waals surface area (Å²) >= 11 is 7.80. The number of hydrogen-bond acceptors (Lipinski definition) is 6. The summed E-state index contributed by atoms with van der Waals surface area (Å²) in [7, 11) is 0. The molecule has 0 N–H and O–H groups in total. The summed E-state index contributed by atoms with van der Waals surface area (Å²) in [5.74, 6) is 3.20. The zero-order valence-electron chi connectivity index (χ0n) is 14.9. The molecule has 2 aromatic rings. The first-order valence-corrected chi connectivity index (χ1v) is 10.8. The third kappa shape index (κ3) is 3.43. The molecule has 5 rings (SSSR count). The zero-order chi connectivity index (χ0) is 17.7. The van der Waals surface area contributed by atoms with Crippen LogP contribution in [-0.2, 0) is 0 Å². The molecule has 0 unspecified atom stereocenters. The maximum absolute atomic E-state index is 6.23. The molecule has 0 spiro atoms. The Bertz CT molecular complexity index is 808. The van der Waals surface area contributed by atoms with Crippen LogP contribution in [0.3, 0.4) is 0 Å². The first-order valence-electron chi connectivity index (χ1n) is 9.59. The van der Waals surface area contributed by atoms with Crippen molar-refractivity contribution in [3.63, 3.8) is 0 Å². The minimum absolute atomic E-state index is 0.486. The van der Waals surface area contributed by atoms with Gasteiger partial charge in [0, 0.05) is 31.1 Å².